The summed E-state index contributed by atoms with van der Waals surface area (Å²) in [5, 5.41) is 0. The fraction of sp³-hybridized carbons (Fsp3) is 0.538. The molecule has 0 amide bonds. The van der Waals surface area contributed by atoms with Crippen molar-refractivity contribution in [2.45, 2.75) is 26.7 Å². The summed E-state index contributed by atoms with van der Waals surface area (Å²) in [4.78, 5) is 2.20. The molecule has 0 fully saturated rings. The highest BCUT2D eigenvalue weighted by Crippen LogP contribution is 2.30. The molecular formula is C13H21NO. The highest BCUT2D eigenvalue weighted by atomic mass is 16.5. The van der Waals surface area contributed by atoms with E-state index in [-0.39, 0.29) is 0 Å². The van der Waals surface area contributed by atoms with Crippen molar-refractivity contribution in [1.82, 2.24) is 0 Å². The van der Waals surface area contributed by atoms with Gasteiger partial charge in [0.2, 0.25) is 0 Å². The molecule has 84 valence electrons. The van der Waals surface area contributed by atoms with Crippen LogP contribution in [-0.2, 0) is 0 Å². The first kappa shape index (κ1) is 11.9. The predicted molar refractivity (Wildman–Crippen MR) is 66.0 cm³/mol. The van der Waals surface area contributed by atoms with Crippen molar-refractivity contribution < 1.29 is 4.74 Å². The molecule has 0 aromatic heterocycles. The van der Waals surface area contributed by atoms with Crippen LogP contribution in [0.4, 0.5) is 5.69 Å². The topological polar surface area (TPSA) is 12.5 Å². The fourth-order valence-electron chi connectivity index (χ4n) is 1.53. The van der Waals surface area contributed by atoms with Gasteiger partial charge in [-0.25, -0.2) is 0 Å². The summed E-state index contributed by atoms with van der Waals surface area (Å²) in [5.41, 5.74) is 2.53. The molecule has 0 spiro atoms. The first-order valence-electron chi connectivity index (χ1n) is 5.49. The van der Waals surface area contributed by atoms with E-state index in [1.165, 1.54) is 11.3 Å². The number of nitrogens with zero attached hydrogens (tertiary/aromatic N) is 1. The van der Waals surface area contributed by atoms with Gasteiger partial charge in [-0.1, -0.05) is 19.9 Å². The van der Waals surface area contributed by atoms with Gasteiger partial charge < -0.3 is 9.64 Å². The second-order valence-electron chi connectivity index (χ2n) is 4.10. The van der Waals surface area contributed by atoms with Crippen molar-refractivity contribution >= 4 is 5.69 Å². The maximum Gasteiger partial charge on any atom is 0.142 e. The molecule has 0 aliphatic carbocycles. The normalized spacial score (nSPS) is 10.5. The lowest BCUT2D eigenvalue weighted by molar-refractivity contribution is 0.415. The zero-order valence-corrected chi connectivity index (χ0v) is 10.4. The van der Waals surface area contributed by atoms with E-state index in [2.05, 4.69) is 50.9 Å². The number of benzene rings is 1. The van der Waals surface area contributed by atoms with E-state index in [0.29, 0.717) is 5.92 Å². The van der Waals surface area contributed by atoms with Gasteiger partial charge >= 0.3 is 0 Å². The van der Waals surface area contributed by atoms with Gasteiger partial charge in [-0.2, -0.15) is 0 Å². The molecular weight excluding hydrogens is 186 g/mol. The third-order valence-corrected chi connectivity index (χ3v) is 2.76. The minimum absolute atomic E-state index is 0.555. The van der Waals surface area contributed by atoms with Crippen LogP contribution in [0.25, 0.3) is 0 Å². The van der Waals surface area contributed by atoms with Crippen molar-refractivity contribution in [1.29, 1.82) is 0 Å². The number of hydrogen-bond acceptors (Lipinski definition) is 2. The van der Waals surface area contributed by atoms with E-state index in [0.717, 1.165) is 12.3 Å². The zero-order valence-electron chi connectivity index (χ0n) is 10.4. The lowest BCUT2D eigenvalue weighted by Crippen LogP contribution is -2.17. The smallest absolute Gasteiger partial charge is 0.142 e. The molecule has 2 nitrogen and oxygen atoms in total. The minimum atomic E-state index is 0.555. The summed E-state index contributed by atoms with van der Waals surface area (Å²) < 4.78 is 5.36. The number of hydrogen-bond donors (Lipinski definition) is 0. The number of rotatable bonds is 4. The Morgan fingerprint density at radius 3 is 2.47 bits per heavy atom. The van der Waals surface area contributed by atoms with Gasteiger partial charge in [0.15, 0.2) is 0 Å². The molecule has 2 heteroatoms. The van der Waals surface area contributed by atoms with Crippen LogP contribution < -0.4 is 9.64 Å². The molecule has 0 N–H and O–H groups in total. The molecule has 0 aliphatic rings. The SMILES string of the molecule is CCN(C)c1cc(C(C)C)ccc1OC. The Kier molecular flexibility index (Phi) is 4.01. The van der Waals surface area contributed by atoms with E-state index in [1.54, 1.807) is 7.11 Å². The molecule has 0 unspecified atom stereocenters. The monoisotopic (exact) mass is 207 g/mol. The molecule has 15 heavy (non-hydrogen) atoms. The second-order valence-corrected chi connectivity index (χ2v) is 4.10. The lowest BCUT2D eigenvalue weighted by atomic mass is 10.0. The van der Waals surface area contributed by atoms with Crippen LogP contribution >= 0.6 is 0 Å². The number of ether oxygens (including phenoxy) is 1. The Morgan fingerprint density at radius 1 is 1.33 bits per heavy atom. The Hall–Kier alpha value is -1.18. The predicted octanol–water partition coefficient (Wildman–Crippen LogP) is 3.27. The van der Waals surface area contributed by atoms with Gasteiger partial charge in [-0.05, 0) is 30.5 Å². The summed E-state index contributed by atoms with van der Waals surface area (Å²) in [6, 6.07) is 6.40. The van der Waals surface area contributed by atoms with Gasteiger partial charge in [-0.15, -0.1) is 0 Å². The van der Waals surface area contributed by atoms with Crippen LogP contribution in [0.3, 0.4) is 0 Å². The summed E-state index contributed by atoms with van der Waals surface area (Å²) in [6.45, 7) is 7.54. The average Bonchev–Trinajstić information content (AvgIpc) is 2.27. The molecule has 0 bridgehead atoms. The van der Waals surface area contributed by atoms with Crippen LogP contribution in [0.15, 0.2) is 18.2 Å². The fourth-order valence-corrected chi connectivity index (χ4v) is 1.53. The van der Waals surface area contributed by atoms with E-state index in [1.807, 2.05) is 0 Å². The quantitative estimate of drug-likeness (QED) is 0.751. The van der Waals surface area contributed by atoms with E-state index >= 15 is 0 Å². The van der Waals surface area contributed by atoms with E-state index in [9.17, 15) is 0 Å². The highest BCUT2D eigenvalue weighted by molar-refractivity contribution is 5.60. The van der Waals surface area contributed by atoms with Crippen molar-refractivity contribution in [3.63, 3.8) is 0 Å². The zero-order chi connectivity index (χ0) is 11.4. The Balaban J connectivity index is 3.13. The van der Waals surface area contributed by atoms with Crippen molar-refractivity contribution in [2.75, 3.05) is 25.6 Å². The van der Waals surface area contributed by atoms with Crippen LogP contribution in [0.5, 0.6) is 5.75 Å². The lowest BCUT2D eigenvalue weighted by Gasteiger charge is -2.21. The largest absolute Gasteiger partial charge is 0.495 e. The molecule has 0 radical (unpaired) electrons. The number of anilines is 1. The molecule has 0 aliphatic heterocycles. The average molecular weight is 207 g/mol. The van der Waals surface area contributed by atoms with Crippen LogP contribution in [0, 0.1) is 0 Å². The van der Waals surface area contributed by atoms with Gasteiger partial charge in [0.25, 0.3) is 0 Å². The second kappa shape index (κ2) is 5.06. The van der Waals surface area contributed by atoms with Gasteiger partial charge in [0.1, 0.15) is 5.75 Å². The third kappa shape index (κ3) is 2.65. The van der Waals surface area contributed by atoms with Crippen LogP contribution in [0.1, 0.15) is 32.3 Å². The van der Waals surface area contributed by atoms with Crippen LogP contribution in [0.2, 0.25) is 0 Å². The molecule has 1 aromatic carbocycles. The summed E-state index contributed by atoms with van der Waals surface area (Å²) in [6.07, 6.45) is 0. The van der Waals surface area contributed by atoms with Gasteiger partial charge in [-0.3, -0.25) is 0 Å². The van der Waals surface area contributed by atoms with E-state index in [4.69, 9.17) is 4.74 Å². The maximum absolute atomic E-state index is 5.36. The molecule has 1 rings (SSSR count). The van der Waals surface area contributed by atoms with Crippen molar-refractivity contribution in [2.24, 2.45) is 0 Å². The Labute approximate surface area is 92.9 Å². The molecule has 0 atom stereocenters. The summed E-state index contributed by atoms with van der Waals surface area (Å²) in [7, 11) is 3.80. The van der Waals surface area contributed by atoms with E-state index < -0.39 is 0 Å². The summed E-state index contributed by atoms with van der Waals surface area (Å²) >= 11 is 0. The minimum Gasteiger partial charge on any atom is -0.495 e. The highest BCUT2D eigenvalue weighted by Gasteiger charge is 2.09. The number of methoxy groups -OCH3 is 1. The molecule has 0 saturated carbocycles. The molecule has 1 aromatic rings. The first-order chi connectivity index (χ1) is 7.10. The Morgan fingerprint density at radius 2 is 2.00 bits per heavy atom. The molecule has 0 heterocycles. The standard InChI is InChI=1S/C13H21NO/c1-6-14(4)12-9-11(10(2)3)7-8-13(12)15-5/h7-10H,6H2,1-5H3. The third-order valence-electron chi connectivity index (χ3n) is 2.76. The van der Waals surface area contributed by atoms with Crippen molar-refractivity contribution in [3.05, 3.63) is 23.8 Å². The summed E-state index contributed by atoms with van der Waals surface area (Å²) in [5.74, 6) is 1.50. The Bertz CT molecular complexity index is 320. The van der Waals surface area contributed by atoms with Crippen molar-refractivity contribution in [3.8, 4) is 5.75 Å². The first-order valence-corrected chi connectivity index (χ1v) is 5.49. The van der Waals surface area contributed by atoms with Gasteiger partial charge in [0, 0.05) is 13.6 Å². The van der Waals surface area contributed by atoms with Crippen LogP contribution in [-0.4, -0.2) is 20.7 Å². The van der Waals surface area contributed by atoms with Gasteiger partial charge in [0.05, 0.1) is 12.8 Å². The maximum atomic E-state index is 5.36. The molecule has 0 saturated heterocycles.